The molecule has 0 aliphatic heterocycles. The number of amides is 2. The number of nitrogens with one attached hydrogen (secondary N) is 2. The standard InChI is InChI=1S/C16H25N3O2/c1-11-7-8-12(19-15(21)16(2,3)4)13(10-11)18-14(20)6-5-9-17/h7-8,10H,5-6,9,17H2,1-4H3,(H,18,20)(H,19,21). The molecule has 0 spiro atoms. The highest BCUT2D eigenvalue weighted by Gasteiger charge is 2.22. The molecule has 5 heteroatoms. The minimum atomic E-state index is -0.494. The maximum absolute atomic E-state index is 12.1. The molecule has 0 aromatic heterocycles. The summed E-state index contributed by atoms with van der Waals surface area (Å²) in [6.45, 7) is 7.95. The highest BCUT2D eigenvalue weighted by atomic mass is 16.2. The average molecular weight is 291 g/mol. The van der Waals surface area contributed by atoms with Crippen LogP contribution in [-0.2, 0) is 9.59 Å². The van der Waals surface area contributed by atoms with Crippen molar-refractivity contribution in [1.29, 1.82) is 0 Å². The van der Waals surface area contributed by atoms with Crippen LogP contribution in [0.3, 0.4) is 0 Å². The Morgan fingerprint density at radius 3 is 2.38 bits per heavy atom. The van der Waals surface area contributed by atoms with Crippen molar-refractivity contribution in [2.24, 2.45) is 11.1 Å². The topological polar surface area (TPSA) is 84.2 Å². The van der Waals surface area contributed by atoms with Gasteiger partial charge in [0, 0.05) is 11.8 Å². The second kappa shape index (κ2) is 7.22. The number of carbonyl (C=O) groups excluding carboxylic acids is 2. The van der Waals surface area contributed by atoms with Crippen molar-refractivity contribution in [2.45, 2.75) is 40.5 Å². The Morgan fingerprint density at radius 1 is 1.14 bits per heavy atom. The molecule has 0 aliphatic rings. The van der Waals surface area contributed by atoms with Crippen LogP contribution in [-0.4, -0.2) is 18.4 Å². The molecule has 21 heavy (non-hydrogen) atoms. The number of benzene rings is 1. The summed E-state index contributed by atoms with van der Waals surface area (Å²) in [7, 11) is 0. The van der Waals surface area contributed by atoms with Crippen LogP contribution in [0.1, 0.15) is 39.2 Å². The third-order valence-electron chi connectivity index (χ3n) is 2.99. The van der Waals surface area contributed by atoms with Gasteiger partial charge in [0.1, 0.15) is 0 Å². The molecule has 0 radical (unpaired) electrons. The van der Waals surface area contributed by atoms with Crippen molar-refractivity contribution in [3.8, 4) is 0 Å². The predicted molar refractivity (Wildman–Crippen MR) is 86.2 cm³/mol. The summed E-state index contributed by atoms with van der Waals surface area (Å²) in [5.41, 5.74) is 7.15. The maximum Gasteiger partial charge on any atom is 0.229 e. The monoisotopic (exact) mass is 291 g/mol. The fraction of sp³-hybridized carbons (Fsp3) is 0.500. The van der Waals surface area contributed by atoms with Crippen molar-refractivity contribution in [3.05, 3.63) is 23.8 Å². The summed E-state index contributed by atoms with van der Waals surface area (Å²) in [6.07, 6.45) is 1.01. The number of nitrogens with two attached hydrogens (primary N) is 1. The van der Waals surface area contributed by atoms with Crippen molar-refractivity contribution in [2.75, 3.05) is 17.2 Å². The quantitative estimate of drug-likeness (QED) is 0.779. The van der Waals surface area contributed by atoms with Crippen LogP contribution in [0.15, 0.2) is 18.2 Å². The van der Waals surface area contributed by atoms with Crippen molar-refractivity contribution >= 4 is 23.2 Å². The van der Waals surface area contributed by atoms with Crippen LogP contribution in [0.2, 0.25) is 0 Å². The van der Waals surface area contributed by atoms with Crippen LogP contribution in [0.25, 0.3) is 0 Å². The first-order valence-electron chi connectivity index (χ1n) is 7.16. The van der Waals surface area contributed by atoms with Crippen molar-refractivity contribution < 1.29 is 9.59 Å². The fourth-order valence-electron chi connectivity index (χ4n) is 1.66. The Morgan fingerprint density at radius 2 is 1.81 bits per heavy atom. The third kappa shape index (κ3) is 5.55. The van der Waals surface area contributed by atoms with Gasteiger partial charge in [-0.05, 0) is 37.6 Å². The summed E-state index contributed by atoms with van der Waals surface area (Å²) in [5.74, 6) is -0.193. The van der Waals surface area contributed by atoms with Crippen LogP contribution in [0.4, 0.5) is 11.4 Å². The van der Waals surface area contributed by atoms with E-state index in [0.717, 1.165) is 5.56 Å². The lowest BCUT2D eigenvalue weighted by Gasteiger charge is -2.20. The molecule has 0 fully saturated rings. The first-order valence-corrected chi connectivity index (χ1v) is 7.16. The Kier molecular flexibility index (Phi) is 5.90. The van der Waals surface area contributed by atoms with E-state index in [0.29, 0.717) is 30.8 Å². The lowest BCUT2D eigenvalue weighted by Crippen LogP contribution is -2.28. The van der Waals surface area contributed by atoms with E-state index in [1.165, 1.54) is 0 Å². The minimum absolute atomic E-state index is 0.0937. The lowest BCUT2D eigenvalue weighted by molar-refractivity contribution is -0.123. The average Bonchev–Trinajstić information content (AvgIpc) is 2.38. The molecule has 2 amide bonds. The summed E-state index contributed by atoms with van der Waals surface area (Å²) in [4.78, 5) is 23.9. The number of hydrogen-bond donors (Lipinski definition) is 3. The molecule has 5 nitrogen and oxygen atoms in total. The Hall–Kier alpha value is -1.88. The van der Waals surface area contributed by atoms with E-state index in [2.05, 4.69) is 10.6 Å². The van der Waals surface area contributed by atoms with Gasteiger partial charge in [-0.3, -0.25) is 9.59 Å². The summed E-state index contributed by atoms with van der Waals surface area (Å²) in [5, 5.41) is 5.69. The van der Waals surface area contributed by atoms with Gasteiger partial charge in [-0.15, -0.1) is 0 Å². The molecule has 0 atom stereocenters. The largest absolute Gasteiger partial charge is 0.330 e. The molecule has 116 valence electrons. The van der Waals surface area contributed by atoms with E-state index in [1.807, 2.05) is 39.8 Å². The zero-order valence-electron chi connectivity index (χ0n) is 13.2. The summed E-state index contributed by atoms with van der Waals surface area (Å²) in [6, 6.07) is 5.55. The van der Waals surface area contributed by atoms with Gasteiger partial charge >= 0.3 is 0 Å². The predicted octanol–water partition coefficient (Wildman–Crippen LogP) is 2.66. The molecule has 0 unspecified atom stereocenters. The molecule has 0 bridgehead atoms. The van der Waals surface area contributed by atoms with Crippen LogP contribution >= 0.6 is 0 Å². The van der Waals surface area contributed by atoms with Gasteiger partial charge < -0.3 is 16.4 Å². The smallest absolute Gasteiger partial charge is 0.229 e. The number of hydrogen-bond acceptors (Lipinski definition) is 3. The summed E-state index contributed by atoms with van der Waals surface area (Å²) < 4.78 is 0. The SMILES string of the molecule is Cc1ccc(NC(=O)C(C)(C)C)c(NC(=O)CCCN)c1. The van der Waals surface area contributed by atoms with Gasteiger partial charge in [0.2, 0.25) is 11.8 Å². The second-order valence-corrected chi connectivity index (χ2v) is 6.19. The van der Waals surface area contributed by atoms with Gasteiger partial charge in [0.25, 0.3) is 0 Å². The number of carbonyl (C=O) groups is 2. The van der Waals surface area contributed by atoms with Crippen LogP contribution < -0.4 is 16.4 Å². The van der Waals surface area contributed by atoms with E-state index >= 15 is 0 Å². The van der Waals surface area contributed by atoms with E-state index in [4.69, 9.17) is 5.73 Å². The first kappa shape index (κ1) is 17.2. The molecule has 1 aromatic rings. The summed E-state index contributed by atoms with van der Waals surface area (Å²) >= 11 is 0. The van der Waals surface area contributed by atoms with E-state index in [9.17, 15) is 9.59 Å². The molecule has 1 rings (SSSR count). The number of rotatable bonds is 5. The van der Waals surface area contributed by atoms with E-state index in [1.54, 1.807) is 6.07 Å². The fourth-order valence-corrected chi connectivity index (χ4v) is 1.66. The molecule has 1 aromatic carbocycles. The van der Waals surface area contributed by atoms with Crippen molar-refractivity contribution in [1.82, 2.24) is 0 Å². The van der Waals surface area contributed by atoms with Gasteiger partial charge in [-0.2, -0.15) is 0 Å². The molecule has 4 N–H and O–H groups in total. The zero-order chi connectivity index (χ0) is 16.0. The first-order chi connectivity index (χ1) is 9.74. The molecular weight excluding hydrogens is 266 g/mol. The van der Waals surface area contributed by atoms with Gasteiger partial charge in [0.05, 0.1) is 11.4 Å². The highest BCUT2D eigenvalue weighted by molar-refractivity contribution is 6.01. The van der Waals surface area contributed by atoms with Crippen molar-refractivity contribution in [3.63, 3.8) is 0 Å². The normalized spacial score (nSPS) is 11.1. The minimum Gasteiger partial charge on any atom is -0.330 e. The molecule has 0 saturated carbocycles. The molecular formula is C16H25N3O2. The van der Waals surface area contributed by atoms with Gasteiger partial charge in [0.15, 0.2) is 0 Å². The van der Waals surface area contributed by atoms with Gasteiger partial charge in [-0.25, -0.2) is 0 Å². The van der Waals surface area contributed by atoms with E-state index in [-0.39, 0.29) is 11.8 Å². The number of aryl methyl sites for hydroxylation is 1. The van der Waals surface area contributed by atoms with Gasteiger partial charge in [-0.1, -0.05) is 26.8 Å². The third-order valence-corrected chi connectivity index (χ3v) is 2.99. The Bertz CT molecular complexity index is 519. The van der Waals surface area contributed by atoms with Crippen LogP contribution in [0, 0.1) is 12.3 Å². The Balaban J connectivity index is 2.90. The highest BCUT2D eigenvalue weighted by Crippen LogP contribution is 2.26. The zero-order valence-corrected chi connectivity index (χ0v) is 13.2. The molecule has 0 heterocycles. The van der Waals surface area contributed by atoms with Crippen LogP contribution in [0.5, 0.6) is 0 Å². The maximum atomic E-state index is 12.1. The molecule has 0 aliphatic carbocycles. The number of anilines is 2. The second-order valence-electron chi connectivity index (χ2n) is 6.19. The Labute approximate surface area is 126 Å². The molecule has 0 saturated heterocycles. The lowest BCUT2D eigenvalue weighted by atomic mass is 9.95. The van der Waals surface area contributed by atoms with E-state index < -0.39 is 5.41 Å².